The lowest BCUT2D eigenvalue weighted by atomic mass is 9.83. The Morgan fingerprint density at radius 2 is 1.66 bits per heavy atom. The molecule has 3 aromatic carbocycles. The first-order valence-corrected chi connectivity index (χ1v) is 13.0. The Kier molecular flexibility index (Phi) is 6.19. The summed E-state index contributed by atoms with van der Waals surface area (Å²) in [6.07, 6.45) is 3.89. The van der Waals surface area contributed by atoms with E-state index in [4.69, 9.17) is 4.74 Å². The maximum atomic E-state index is 12.6. The van der Waals surface area contributed by atoms with Gasteiger partial charge in [0.15, 0.2) is 5.78 Å². The summed E-state index contributed by atoms with van der Waals surface area (Å²) < 4.78 is 31.5. The molecule has 0 spiro atoms. The number of hydrogen-bond acceptors (Lipinski definition) is 5. The van der Waals surface area contributed by atoms with E-state index in [9.17, 15) is 18.0 Å². The number of allylic oxidation sites excluding steroid dienone is 1. The minimum Gasteiger partial charge on any atom is -0.496 e. The second-order valence-electron chi connectivity index (χ2n) is 9.70. The van der Waals surface area contributed by atoms with Crippen LogP contribution >= 0.6 is 0 Å². The number of carbonyl (C=O) groups excluding carboxylic acids is 2. The van der Waals surface area contributed by atoms with Gasteiger partial charge in [0.1, 0.15) is 5.75 Å². The molecule has 0 atom stereocenters. The molecule has 0 saturated heterocycles. The van der Waals surface area contributed by atoms with Crippen molar-refractivity contribution >= 4 is 43.9 Å². The van der Waals surface area contributed by atoms with Crippen LogP contribution in [0, 0.1) is 0 Å². The lowest BCUT2D eigenvalue weighted by Gasteiger charge is -2.28. The van der Waals surface area contributed by atoms with Crippen LogP contribution in [0.25, 0.3) is 21.9 Å². The highest BCUT2D eigenvalue weighted by Crippen LogP contribution is 2.43. The van der Waals surface area contributed by atoms with Gasteiger partial charge in [-0.15, -0.1) is 0 Å². The summed E-state index contributed by atoms with van der Waals surface area (Å²) in [5.41, 5.74) is 3.50. The molecule has 1 heterocycles. The van der Waals surface area contributed by atoms with E-state index in [0.29, 0.717) is 17.1 Å². The van der Waals surface area contributed by atoms with E-state index >= 15 is 0 Å². The van der Waals surface area contributed by atoms with Crippen molar-refractivity contribution in [2.75, 3.05) is 23.0 Å². The Morgan fingerprint density at radius 3 is 2.29 bits per heavy atom. The molecule has 0 aromatic heterocycles. The minimum atomic E-state index is -3.37. The first-order chi connectivity index (χ1) is 16.4. The summed E-state index contributed by atoms with van der Waals surface area (Å²) in [5.74, 6) is 0.216. The van der Waals surface area contributed by atoms with Crippen LogP contribution in [0.2, 0.25) is 0 Å². The number of benzene rings is 3. The van der Waals surface area contributed by atoms with E-state index in [1.54, 1.807) is 19.2 Å². The summed E-state index contributed by atoms with van der Waals surface area (Å²) in [4.78, 5) is 25.9. The van der Waals surface area contributed by atoms with Crippen LogP contribution in [0.5, 0.6) is 5.75 Å². The van der Waals surface area contributed by atoms with Crippen molar-refractivity contribution in [1.82, 2.24) is 0 Å². The van der Waals surface area contributed by atoms with Gasteiger partial charge in [-0.3, -0.25) is 19.2 Å². The maximum absolute atomic E-state index is 12.6. The molecular formula is C27H28N2O5S. The van der Waals surface area contributed by atoms with Gasteiger partial charge in [-0.25, -0.2) is 8.42 Å². The smallest absolute Gasteiger partial charge is 0.238 e. The van der Waals surface area contributed by atoms with Crippen LogP contribution in [0.1, 0.15) is 32.8 Å². The van der Waals surface area contributed by atoms with Gasteiger partial charge in [0.2, 0.25) is 15.9 Å². The van der Waals surface area contributed by atoms with Crippen LogP contribution in [0.4, 0.5) is 11.4 Å². The van der Waals surface area contributed by atoms with Crippen molar-refractivity contribution in [3.63, 3.8) is 0 Å². The minimum absolute atomic E-state index is 0.164. The van der Waals surface area contributed by atoms with Gasteiger partial charge in [-0.2, -0.15) is 0 Å². The van der Waals surface area contributed by atoms with Gasteiger partial charge in [-0.05, 0) is 58.2 Å². The molecule has 182 valence electrons. The molecule has 4 rings (SSSR count). The lowest BCUT2D eigenvalue weighted by Crippen LogP contribution is -2.31. The lowest BCUT2D eigenvalue weighted by molar-refractivity contribution is -0.124. The number of methoxy groups -OCH3 is 1. The molecule has 8 heteroatoms. The number of carbonyl (C=O) groups is 2. The summed E-state index contributed by atoms with van der Waals surface area (Å²) in [7, 11) is -1.75. The summed E-state index contributed by atoms with van der Waals surface area (Å²) >= 11 is 0. The molecule has 1 N–H and O–H groups in total. The van der Waals surface area contributed by atoms with Gasteiger partial charge in [0.05, 0.1) is 19.8 Å². The molecule has 0 unspecified atom stereocenters. The van der Waals surface area contributed by atoms with E-state index < -0.39 is 10.0 Å². The van der Waals surface area contributed by atoms with Gasteiger partial charge in [0.25, 0.3) is 0 Å². The average Bonchev–Trinajstić information content (AvgIpc) is 2.76. The molecule has 0 fully saturated rings. The second kappa shape index (κ2) is 8.85. The quantitative estimate of drug-likeness (QED) is 0.506. The third-order valence-corrected chi connectivity index (χ3v) is 6.43. The fraction of sp³-hybridized carbons (Fsp3) is 0.259. The van der Waals surface area contributed by atoms with E-state index in [1.165, 1.54) is 17.2 Å². The van der Waals surface area contributed by atoms with E-state index in [2.05, 4.69) is 25.5 Å². The van der Waals surface area contributed by atoms with Crippen LogP contribution in [-0.2, 0) is 25.0 Å². The summed E-state index contributed by atoms with van der Waals surface area (Å²) in [6.45, 7) is 6.23. The molecule has 0 bridgehead atoms. The van der Waals surface area contributed by atoms with Crippen molar-refractivity contribution in [2.24, 2.45) is 0 Å². The number of sulfonamides is 1. The highest BCUT2D eigenvalue weighted by atomic mass is 32.2. The average molecular weight is 493 g/mol. The van der Waals surface area contributed by atoms with Gasteiger partial charge in [0, 0.05) is 28.7 Å². The summed E-state index contributed by atoms with van der Waals surface area (Å²) in [5, 5.41) is 1.80. The molecule has 1 aliphatic rings. The van der Waals surface area contributed by atoms with E-state index in [0.717, 1.165) is 33.7 Å². The van der Waals surface area contributed by atoms with Crippen LogP contribution in [0.15, 0.2) is 60.8 Å². The zero-order valence-electron chi connectivity index (χ0n) is 20.4. The van der Waals surface area contributed by atoms with Gasteiger partial charge < -0.3 is 4.74 Å². The molecule has 1 amide bonds. The predicted molar refractivity (Wildman–Crippen MR) is 139 cm³/mol. The number of fused-ring (bicyclic) bond motifs is 1. The first kappa shape index (κ1) is 24.5. The molecule has 3 aromatic rings. The number of ether oxygens (including phenoxy) is 1. The highest BCUT2D eigenvalue weighted by molar-refractivity contribution is 7.92. The fourth-order valence-corrected chi connectivity index (χ4v) is 4.75. The first-order valence-electron chi connectivity index (χ1n) is 11.1. The Balaban J connectivity index is 1.89. The molecule has 0 aliphatic carbocycles. The largest absolute Gasteiger partial charge is 0.496 e. The zero-order valence-corrected chi connectivity index (χ0v) is 21.2. The Morgan fingerprint density at radius 1 is 0.971 bits per heavy atom. The Labute approximate surface area is 205 Å². The number of nitrogens with zero attached hydrogens (tertiary/aromatic N) is 1. The number of rotatable bonds is 5. The number of hydrogen-bond donors (Lipinski definition) is 1. The van der Waals surface area contributed by atoms with Gasteiger partial charge >= 0.3 is 0 Å². The number of anilines is 2. The summed E-state index contributed by atoms with van der Waals surface area (Å²) in [6, 6.07) is 15.1. The standard InChI is InChI=1S/C27H28N2O5S/c1-27(2,3)24-15-21(29-11-10-22(30)16-25(29)31)14-23(26(24)34-4)19-7-6-18-13-20(28-35(5,32)33)9-8-17(18)12-19/h6-15,28H,16H2,1-5H3. The van der Waals surface area contributed by atoms with E-state index in [-0.39, 0.29) is 23.5 Å². The third kappa shape index (κ3) is 5.22. The van der Waals surface area contributed by atoms with Crippen molar-refractivity contribution < 1.29 is 22.7 Å². The SMILES string of the molecule is COc1c(-c2ccc3cc(NS(C)(=O)=O)ccc3c2)cc(N2C=CC(=O)CC2=O)cc1C(C)(C)C. The second-order valence-corrected chi connectivity index (χ2v) is 11.4. The predicted octanol–water partition coefficient (Wildman–Crippen LogP) is 5.00. The van der Waals surface area contributed by atoms with Gasteiger partial charge in [-0.1, -0.05) is 39.0 Å². The Bertz CT molecular complexity index is 1480. The molecule has 35 heavy (non-hydrogen) atoms. The molecular weight excluding hydrogens is 464 g/mol. The van der Waals surface area contributed by atoms with Crippen LogP contribution < -0.4 is 14.4 Å². The van der Waals surface area contributed by atoms with Crippen LogP contribution in [-0.4, -0.2) is 33.5 Å². The monoisotopic (exact) mass is 492 g/mol. The Hall–Kier alpha value is -3.65. The van der Waals surface area contributed by atoms with Crippen molar-refractivity contribution in [3.05, 3.63) is 66.4 Å². The molecule has 7 nitrogen and oxygen atoms in total. The van der Waals surface area contributed by atoms with Crippen molar-refractivity contribution in [1.29, 1.82) is 0 Å². The number of amides is 1. The third-order valence-electron chi connectivity index (χ3n) is 5.82. The molecule has 0 saturated carbocycles. The topological polar surface area (TPSA) is 92.8 Å². The number of ketones is 1. The molecule has 1 aliphatic heterocycles. The highest BCUT2D eigenvalue weighted by Gasteiger charge is 2.27. The van der Waals surface area contributed by atoms with E-state index in [1.807, 2.05) is 36.4 Å². The van der Waals surface area contributed by atoms with Crippen molar-refractivity contribution in [2.45, 2.75) is 32.6 Å². The number of nitrogens with one attached hydrogen (secondary N) is 1. The maximum Gasteiger partial charge on any atom is 0.238 e. The van der Waals surface area contributed by atoms with Crippen molar-refractivity contribution in [3.8, 4) is 16.9 Å². The molecule has 0 radical (unpaired) electrons. The fourth-order valence-electron chi connectivity index (χ4n) is 4.20. The zero-order chi connectivity index (χ0) is 25.5. The normalized spacial score (nSPS) is 14.5. The van der Waals surface area contributed by atoms with Crippen LogP contribution in [0.3, 0.4) is 0 Å².